The number of carbonyl (C=O) groups is 1. The second kappa shape index (κ2) is 4.25. The van der Waals surface area contributed by atoms with Gasteiger partial charge in [-0.2, -0.15) is 11.8 Å². The number of hydrogen-bond donors (Lipinski definition) is 0. The number of hydrogen-bond acceptors (Lipinski definition) is 2. The number of carbonyl (C=O) groups excluding carboxylic acids is 1. The Morgan fingerprint density at radius 3 is 2.19 bits per heavy atom. The zero-order chi connectivity index (χ0) is 11.1. The molecular weight excluding hydrogens is 218 g/mol. The summed E-state index contributed by atoms with van der Waals surface area (Å²) in [5.74, 6) is 0.896. The number of piperidine rings is 1. The summed E-state index contributed by atoms with van der Waals surface area (Å²) in [5, 5.41) is 0.808. The van der Waals surface area contributed by atoms with Crippen LogP contribution in [0.4, 0.5) is 0 Å². The molecule has 3 fully saturated rings. The summed E-state index contributed by atoms with van der Waals surface area (Å²) in [6.07, 6.45) is 10.8. The van der Waals surface area contributed by atoms with Crippen molar-refractivity contribution in [3.8, 4) is 0 Å². The van der Waals surface area contributed by atoms with E-state index in [1.165, 1.54) is 32.1 Å². The number of nitrogens with zero attached hydrogens (tertiary/aromatic N) is 1. The molecule has 2 bridgehead atoms. The van der Waals surface area contributed by atoms with Gasteiger partial charge in [0.15, 0.2) is 0 Å². The van der Waals surface area contributed by atoms with Crippen LogP contribution in [0.25, 0.3) is 0 Å². The Morgan fingerprint density at radius 2 is 1.75 bits per heavy atom. The summed E-state index contributed by atoms with van der Waals surface area (Å²) in [6, 6.07) is 1.17. The molecule has 1 unspecified atom stereocenters. The summed E-state index contributed by atoms with van der Waals surface area (Å²) in [6.45, 7) is 0. The molecule has 3 aliphatic rings. The van der Waals surface area contributed by atoms with Crippen LogP contribution in [0.1, 0.15) is 44.9 Å². The lowest BCUT2D eigenvalue weighted by atomic mass is 9.83. The monoisotopic (exact) mass is 239 g/mol. The molecule has 2 saturated heterocycles. The van der Waals surface area contributed by atoms with Crippen LogP contribution in [0.5, 0.6) is 0 Å². The molecule has 2 heterocycles. The van der Waals surface area contributed by atoms with Gasteiger partial charge < -0.3 is 4.90 Å². The standard InChI is InChI=1S/C13H21NOS/c1-16-12-7-10-5-6-11(8-12)14(10)13(15)9-3-2-4-9/h9-12H,2-8H2,1H3/t10-,11+,12?. The predicted molar refractivity (Wildman–Crippen MR) is 67.5 cm³/mol. The van der Waals surface area contributed by atoms with Crippen LogP contribution in [0.3, 0.4) is 0 Å². The van der Waals surface area contributed by atoms with E-state index in [1.54, 1.807) is 0 Å². The number of amides is 1. The number of fused-ring (bicyclic) bond motifs is 2. The quantitative estimate of drug-likeness (QED) is 0.738. The third-order valence-electron chi connectivity index (χ3n) is 4.73. The molecule has 0 aromatic rings. The minimum absolute atomic E-state index is 0.397. The Labute approximate surface area is 102 Å². The van der Waals surface area contributed by atoms with Gasteiger partial charge in [0.2, 0.25) is 5.91 Å². The third-order valence-corrected chi connectivity index (χ3v) is 5.78. The van der Waals surface area contributed by atoms with Crippen molar-refractivity contribution in [1.29, 1.82) is 0 Å². The fourth-order valence-electron chi connectivity index (χ4n) is 3.55. The lowest BCUT2D eigenvalue weighted by Gasteiger charge is -2.41. The van der Waals surface area contributed by atoms with E-state index in [0.29, 0.717) is 23.9 Å². The molecule has 3 heteroatoms. The van der Waals surface area contributed by atoms with Crippen molar-refractivity contribution in [3.63, 3.8) is 0 Å². The molecule has 16 heavy (non-hydrogen) atoms. The zero-order valence-corrected chi connectivity index (χ0v) is 10.8. The van der Waals surface area contributed by atoms with Gasteiger partial charge in [0.1, 0.15) is 0 Å². The number of thioether (sulfide) groups is 1. The molecule has 3 rings (SSSR count). The van der Waals surface area contributed by atoms with Gasteiger partial charge in [0.25, 0.3) is 0 Å². The molecule has 90 valence electrons. The second-order valence-electron chi connectivity index (χ2n) is 5.59. The van der Waals surface area contributed by atoms with Crippen LogP contribution >= 0.6 is 11.8 Å². The van der Waals surface area contributed by atoms with E-state index in [2.05, 4.69) is 11.2 Å². The van der Waals surface area contributed by atoms with E-state index in [-0.39, 0.29) is 0 Å². The summed E-state index contributed by atoms with van der Waals surface area (Å²) < 4.78 is 0. The van der Waals surface area contributed by atoms with E-state index in [4.69, 9.17) is 0 Å². The lowest BCUT2D eigenvalue weighted by Crippen LogP contribution is -2.50. The first-order valence-electron chi connectivity index (χ1n) is 6.64. The smallest absolute Gasteiger partial charge is 0.226 e. The van der Waals surface area contributed by atoms with Gasteiger partial charge >= 0.3 is 0 Å². The van der Waals surface area contributed by atoms with Crippen LogP contribution in [-0.4, -0.2) is 34.4 Å². The van der Waals surface area contributed by atoms with Crippen molar-refractivity contribution < 1.29 is 4.79 Å². The second-order valence-corrected chi connectivity index (χ2v) is 6.73. The first kappa shape index (κ1) is 10.9. The first-order chi connectivity index (χ1) is 7.79. The fraction of sp³-hybridized carbons (Fsp3) is 0.923. The average Bonchev–Trinajstić information content (AvgIpc) is 2.47. The summed E-state index contributed by atoms with van der Waals surface area (Å²) >= 11 is 2.00. The van der Waals surface area contributed by atoms with E-state index in [0.717, 1.165) is 18.1 Å². The Balaban J connectivity index is 1.70. The maximum Gasteiger partial charge on any atom is 0.226 e. The van der Waals surface area contributed by atoms with Crippen LogP contribution in [0.2, 0.25) is 0 Å². The lowest BCUT2D eigenvalue weighted by molar-refractivity contribution is -0.142. The van der Waals surface area contributed by atoms with Crippen molar-refractivity contribution in [2.45, 2.75) is 62.3 Å². The molecule has 3 atom stereocenters. The van der Waals surface area contributed by atoms with Gasteiger partial charge in [-0.3, -0.25) is 4.79 Å². The summed E-state index contributed by atoms with van der Waals surface area (Å²) in [7, 11) is 0. The summed E-state index contributed by atoms with van der Waals surface area (Å²) in [4.78, 5) is 14.6. The Kier molecular flexibility index (Phi) is 2.90. The Morgan fingerprint density at radius 1 is 1.12 bits per heavy atom. The third kappa shape index (κ3) is 1.68. The van der Waals surface area contributed by atoms with Crippen molar-refractivity contribution in [3.05, 3.63) is 0 Å². The highest BCUT2D eigenvalue weighted by molar-refractivity contribution is 7.99. The first-order valence-corrected chi connectivity index (χ1v) is 7.93. The van der Waals surface area contributed by atoms with E-state index < -0.39 is 0 Å². The zero-order valence-electron chi connectivity index (χ0n) is 10.0. The largest absolute Gasteiger partial charge is 0.336 e. The predicted octanol–water partition coefficient (Wildman–Crippen LogP) is 2.67. The SMILES string of the molecule is CSC1C[C@H]2CC[C@@H](C1)N2C(=O)C1CCC1. The Bertz CT molecular complexity index is 276. The molecule has 0 N–H and O–H groups in total. The maximum atomic E-state index is 12.4. The van der Waals surface area contributed by atoms with E-state index >= 15 is 0 Å². The molecule has 2 nitrogen and oxygen atoms in total. The molecule has 1 saturated carbocycles. The fourth-order valence-corrected chi connectivity index (χ4v) is 4.37. The highest BCUT2D eigenvalue weighted by Crippen LogP contribution is 2.42. The highest BCUT2D eigenvalue weighted by Gasteiger charge is 2.45. The normalized spacial score (nSPS) is 38.6. The Hall–Kier alpha value is -0.180. The average molecular weight is 239 g/mol. The molecule has 2 aliphatic heterocycles. The molecule has 0 radical (unpaired) electrons. The van der Waals surface area contributed by atoms with Crippen molar-refractivity contribution in [1.82, 2.24) is 4.90 Å². The van der Waals surface area contributed by atoms with Gasteiger partial charge in [0, 0.05) is 23.3 Å². The van der Waals surface area contributed by atoms with E-state index in [9.17, 15) is 4.79 Å². The van der Waals surface area contributed by atoms with Gasteiger partial charge in [-0.1, -0.05) is 6.42 Å². The molecule has 0 aromatic carbocycles. The van der Waals surface area contributed by atoms with E-state index in [1.807, 2.05) is 11.8 Å². The van der Waals surface area contributed by atoms with Crippen LogP contribution in [-0.2, 0) is 4.79 Å². The molecule has 0 aromatic heterocycles. The van der Waals surface area contributed by atoms with Crippen molar-refractivity contribution in [2.75, 3.05) is 6.26 Å². The topological polar surface area (TPSA) is 20.3 Å². The molecule has 1 amide bonds. The minimum atomic E-state index is 0.397. The minimum Gasteiger partial charge on any atom is -0.336 e. The maximum absolute atomic E-state index is 12.4. The molecule has 0 spiro atoms. The van der Waals surface area contributed by atoms with Crippen LogP contribution in [0, 0.1) is 5.92 Å². The van der Waals surface area contributed by atoms with Crippen molar-refractivity contribution >= 4 is 17.7 Å². The van der Waals surface area contributed by atoms with Crippen molar-refractivity contribution in [2.24, 2.45) is 5.92 Å². The molecule has 1 aliphatic carbocycles. The van der Waals surface area contributed by atoms with Gasteiger partial charge in [-0.15, -0.1) is 0 Å². The van der Waals surface area contributed by atoms with Gasteiger partial charge in [-0.05, 0) is 44.8 Å². The van der Waals surface area contributed by atoms with Crippen LogP contribution < -0.4 is 0 Å². The van der Waals surface area contributed by atoms with Crippen LogP contribution in [0.15, 0.2) is 0 Å². The van der Waals surface area contributed by atoms with Gasteiger partial charge in [0.05, 0.1) is 0 Å². The molecular formula is C13H21NOS. The summed E-state index contributed by atoms with van der Waals surface area (Å²) in [5.41, 5.74) is 0. The highest BCUT2D eigenvalue weighted by atomic mass is 32.2. The number of rotatable bonds is 2. The van der Waals surface area contributed by atoms with Gasteiger partial charge in [-0.25, -0.2) is 0 Å².